The predicted octanol–water partition coefficient (Wildman–Crippen LogP) is 4.26. The van der Waals surface area contributed by atoms with Gasteiger partial charge in [-0.25, -0.2) is 4.98 Å². The van der Waals surface area contributed by atoms with Gasteiger partial charge in [-0.05, 0) is 55.6 Å². The molecule has 1 saturated heterocycles. The van der Waals surface area contributed by atoms with Crippen molar-refractivity contribution in [3.8, 4) is 17.3 Å². The van der Waals surface area contributed by atoms with Gasteiger partial charge in [-0.1, -0.05) is 36.8 Å². The van der Waals surface area contributed by atoms with Crippen molar-refractivity contribution in [1.82, 2.24) is 10.3 Å². The van der Waals surface area contributed by atoms with Crippen molar-refractivity contribution in [3.63, 3.8) is 0 Å². The summed E-state index contributed by atoms with van der Waals surface area (Å²) >= 11 is 0. The second-order valence-corrected chi connectivity index (χ2v) is 7.26. The average Bonchev–Trinajstić information content (AvgIpc) is 2.73. The van der Waals surface area contributed by atoms with Gasteiger partial charge in [0.05, 0.1) is 28.9 Å². The van der Waals surface area contributed by atoms with Gasteiger partial charge in [0.2, 0.25) is 0 Å². The van der Waals surface area contributed by atoms with Crippen molar-refractivity contribution >= 4 is 10.9 Å². The summed E-state index contributed by atoms with van der Waals surface area (Å²) in [6.45, 7) is 2.88. The van der Waals surface area contributed by atoms with E-state index < -0.39 is 6.10 Å². The molecule has 0 radical (unpaired) electrons. The first-order valence-corrected chi connectivity index (χ1v) is 9.49. The summed E-state index contributed by atoms with van der Waals surface area (Å²) in [7, 11) is 0. The molecule has 4 rings (SSSR count). The van der Waals surface area contributed by atoms with Crippen LogP contribution in [0.1, 0.15) is 42.1 Å². The second-order valence-electron chi connectivity index (χ2n) is 7.26. The van der Waals surface area contributed by atoms with E-state index in [1.807, 2.05) is 55.5 Å². The van der Waals surface area contributed by atoms with Crippen LogP contribution in [0.4, 0.5) is 0 Å². The first-order chi connectivity index (χ1) is 13.2. The monoisotopic (exact) mass is 357 g/mol. The SMILES string of the molecule is Cc1ccc(-c2cc([C@H](O)[C@H]3CCCCN3)c3ccccc3n2)cc1C#N. The summed E-state index contributed by atoms with van der Waals surface area (Å²) in [5.41, 5.74) is 5.04. The van der Waals surface area contributed by atoms with Gasteiger partial charge in [0.15, 0.2) is 0 Å². The van der Waals surface area contributed by atoms with Crippen molar-refractivity contribution in [2.45, 2.75) is 38.3 Å². The molecule has 0 aliphatic carbocycles. The van der Waals surface area contributed by atoms with Gasteiger partial charge in [0.25, 0.3) is 0 Å². The number of para-hydroxylation sites is 1. The molecule has 2 atom stereocenters. The summed E-state index contributed by atoms with van der Waals surface area (Å²) in [5.74, 6) is 0. The minimum atomic E-state index is -0.585. The number of benzene rings is 2. The molecule has 2 aromatic carbocycles. The lowest BCUT2D eigenvalue weighted by Crippen LogP contribution is -2.38. The quantitative estimate of drug-likeness (QED) is 0.735. The zero-order chi connectivity index (χ0) is 18.8. The van der Waals surface area contributed by atoms with Crippen molar-refractivity contribution < 1.29 is 5.11 Å². The van der Waals surface area contributed by atoms with Crippen LogP contribution in [0, 0.1) is 18.3 Å². The molecule has 2 heterocycles. The number of piperidine rings is 1. The molecule has 0 spiro atoms. The summed E-state index contributed by atoms with van der Waals surface area (Å²) in [6, 6.07) is 18.0. The van der Waals surface area contributed by atoms with E-state index in [0.29, 0.717) is 5.56 Å². The van der Waals surface area contributed by atoms with Crippen molar-refractivity contribution in [2.24, 2.45) is 0 Å². The molecule has 0 unspecified atom stereocenters. The molecular formula is C23H23N3O. The number of pyridine rings is 1. The highest BCUT2D eigenvalue weighted by molar-refractivity contribution is 5.85. The van der Waals surface area contributed by atoms with E-state index >= 15 is 0 Å². The number of aliphatic hydroxyl groups excluding tert-OH is 1. The summed E-state index contributed by atoms with van der Waals surface area (Å²) in [4.78, 5) is 4.80. The highest BCUT2D eigenvalue weighted by Crippen LogP contribution is 2.32. The molecule has 0 bridgehead atoms. The smallest absolute Gasteiger partial charge is 0.0994 e. The molecule has 4 nitrogen and oxygen atoms in total. The number of aromatic nitrogens is 1. The third-order valence-electron chi connectivity index (χ3n) is 5.45. The number of nitrogens with one attached hydrogen (secondary N) is 1. The number of hydrogen-bond donors (Lipinski definition) is 2. The maximum Gasteiger partial charge on any atom is 0.0994 e. The van der Waals surface area contributed by atoms with Crippen molar-refractivity contribution in [3.05, 3.63) is 65.2 Å². The lowest BCUT2D eigenvalue weighted by Gasteiger charge is -2.29. The number of rotatable bonds is 3. The van der Waals surface area contributed by atoms with Gasteiger partial charge in [0, 0.05) is 17.0 Å². The molecule has 27 heavy (non-hydrogen) atoms. The molecule has 1 aromatic heterocycles. The Balaban J connectivity index is 1.84. The summed E-state index contributed by atoms with van der Waals surface area (Å²) in [6.07, 6.45) is 2.67. The third kappa shape index (κ3) is 3.44. The predicted molar refractivity (Wildman–Crippen MR) is 107 cm³/mol. The van der Waals surface area contributed by atoms with E-state index in [9.17, 15) is 10.4 Å². The normalized spacial score (nSPS) is 18.2. The zero-order valence-electron chi connectivity index (χ0n) is 15.4. The molecular weight excluding hydrogens is 334 g/mol. The zero-order valence-corrected chi connectivity index (χ0v) is 15.4. The molecule has 1 aliphatic heterocycles. The maximum absolute atomic E-state index is 11.1. The average molecular weight is 357 g/mol. The van der Waals surface area contributed by atoms with Crippen LogP contribution in [0.15, 0.2) is 48.5 Å². The van der Waals surface area contributed by atoms with Gasteiger partial charge in [0.1, 0.15) is 0 Å². The van der Waals surface area contributed by atoms with Gasteiger partial charge >= 0.3 is 0 Å². The maximum atomic E-state index is 11.1. The van der Waals surface area contributed by atoms with Crippen LogP contribution < -0.4 is 5.32 Å². The number of nitrogens with zero attached hydrogens (tertiary/aromatic N) is 2. The minimum absolute atomic E-state index is 0.0603. The fourth-order valence-corrected chi connectivity index (χ4v) is 3.86. The first kappa shape index (κ1) is 17.7. The largest absolute Gasteiger partial charge is 0.387 e. The van der Waals surface area contributed by atoms with Crippen LogP contribution in [-0.4, -0.2) is 22.7 Å². The minimum Gasteiger partial charge on any atom is -0.387 e. The molecule has 136 valence electrons. The number of aryl methyl sites for hydroxylation is 1. The third-order valence-corrected chi connectivity index (χ3v) is 5.45. The first-order valence-electron chi connectivity index (χ1n) is 9.49. The molecule has 4 heteroatoms. The van der Waals surface area contributed by atoms with E-state index in [1.54, 1.807) is 0 Å². The molecule has 1 fully saturated rings. The molecule has 0 amide bonds. The van der Waals surface area contributed by atoms with E-state index in [2.05, 4.69) is 11.4 Å². The summed E-state index contributed by atoms with van der Waals surface area (Å²) in [5, 5.41) is 24.9. The molecule has 3 aromatic rings. The Hall–Kier alpha value is -2.74. The van der Waals surface area contributed by atoms with E-state index in [-0.39, 0.29) is 6.04 Å². The Morgan fingerprint density at radius 2 is 2.04 bits per heavy atom. The Bertz CT molecular complexity index is 1020. The van der Waals surface area contributed by atoms with Crippen LogP contribution in [0.25, 0.3) is 22.2 Å². The number of fused-ring (bicyclic) bond motifs is 1. The van der Waals surface area contributed by atoms with Crippen molar-refractivity contribution in [2.75, 3.05) is 6.54 Å². The van der Waals surface area contributed by atoms with Gasteiger partial charge < -0.3 is 10.4 Å². The number of aliphatic hydroxyl groups is 1. The van der Waals surface area contributed by atoms with Crippen LogP contribution in [-0.2, 0) is 0 Å². The van der Waals surface area contributed by atoms with Crippen LogP contribution in [0.2, 0.25) is 0 Å². The lowest BCUT2D eigenvalue weighted by molar-refractivity contribution is 0.115. The fraction of sp³-hybridized carbons (Fsp3) is 0.304. The van der Waals surface area contributed by atoms with E-state index in [0.717, 1.165) is 59.1 Å². The Morgan fingerprint density at radius 1 is 1.19 bits per heavy atom. The fourth-order valence-electron chi connectivity index (χ4n) is 3.86. The Morgan fingerprint density at radius 3 is 2.81 bits per heavy atom. The standard InChI is InChI=1S/C23H23N3O/c1-15-9-10-16(12-17(15)14-24)22-13-19(18-6-2-3-7-20(18)26-22)23(27)21-8-4-5-11-25-21/h2-3,6-7,9-10,12-13,21,23,25,27H,4-5,8,11H2,1H3/t21-,23+/m1/s1. The highest BCUT2D eigenvalue weighted by Gasteiger charge is 2.25. The van der Waals surface area contributed by atoms with Crippen LogP contribution >= 0.6 is 0 Å². The van der Waals surface area contributed by atoms with E-state index in [1.165, 1.54) is 0 Å². The Kier molecular flexibility index (Phi) is 4.89. The molecule has 1 aliphatic rings. The summed E-state index contributed by atoms with van der Waals surface area (Å²) < 4.78 is 0. The van der Waals surface area contributed by atoms with Gasteiger partial charge in [-0.15, -0.1) is 0 Å². The highest BCUT2D eigenvalue weighted by atomic mass is 16.3. The van der Waals surface area contributed by atoms with E-state index in [4.69, 9.17) is 4.98 Å². The number of nitriles is 1. The van der Waals surface area contributed by atoms with Gasteiger partial charge in [-0.2, -0.15) is 5.26 Å². The Labute approximate surface area is 159 Å². The molecule has 0 saturated carbocycles. The van der Waals surface area contributed by atoms with Crippen LogP contribution in [0.5, 0.6) is 0 Å². The lowest BCUT2D eigenvalue weighted by atomic mass is 9.91. The van der Waals surface area contributed by atoms with Crippen LogP contribution in [0.3, 0.4) is 0 Å². The topological polar surface area (TPSA) is 68.9 Å². The number of hydrogen-bond acceptors (Lipinski definition) is 4. The van der Waals surface area contributed by atoms with Crippen molar-refractivity contribution in [1.29, 1.82) is 5.26 Å². The van der Waals surface area contributed by atoms with Gasteiger partial charge in [-0.3, -0.25) is 0 Å². The second kappa shape index (κ2) is 7.48. The molecule has 2 N–H and O–H groups in total.